The van der Waals surface area contributed by atoms with Crippen molar-refractivity contribution in [3.05, 3.63) is 11.4 Å². The van der Waals surface area contributed by atoms with Gasteiger partial charge in [-0.2, -0.15) is 0 Å². The van der Waals surface area contributed by atoms with Crippen LogP contribution in [0, 0.1) is 0 Å². The van der Waals surface area contributed by atoms with Gasteiger partial charge in [0.15, 0.2) is 4.21 Å². The molecule has 0 saturated heterocycles. The molecule has 0 amide bonds. The van der Waals surface area contributed by atoms with Crippen LogP contribution in [0.3, 0.4) is 0 Å². The quantitative estimate of drug-likeness (QED) is 0.690. The number of thiophene rings is 1. The Labute approximate surface area is 66.8 Å². The van der Waals surface area contributed by atoms with Crippen LogP contribution in [-0.2, 0) is 9.05 Å². The molecule has 0 aromatic carbocycles. The van der Waals surface area contributed by atoms with Crippen LogP contribution in [0.4, 0.5) is 5.69 Å². The van der Waals surface area contributed by atoms with Gasteiger partial charge in [0.25, 0.3) is 9.05 Å². The third-order valence-electron chi connectivity index (χ3n) is 0.880. The Kier molecular flexibility index (Phi) is 1.89. The number of nitrogens with two attached hydrogens (primary N) is 1. The SMILES string of the molecule is Nc1ccsc1S(=O)(=O)Cl. The summed E-state index contributed by atoms with van der Waals surface area (Å²) in [6.45, 7) is 0. The molecule has 0 atom stereocenters. The number of anilines is 1. The average molecular weight is 198 g/mol. The van der Waals surface area contributed by atoms with Gasteiger partial charge < -0.3 is 5.73 Å². The Morgan fingerprint density at radius 1 is 1.60 bits per heavy atom. The minimum absolute atomic E-state index is 0.0224. The van der Waals surface area contributed by atoms with Crippen LogP contribution < -0.4 is 5.73 Å². The van der Waals surface area contributed by atoms with Crippen LogP contribution in [0.15, 0.2) is 15.7 Å². The summed E-state index contributed by atoms with van der Waals surface area (Å²) in [4.78, 5) is 0. The van der Waals surface area contributed by atoms with Crippen LogP contribution in [0.1, 0.15) is 0 Å². The highest BCUT2D eigenvalue weighted by Crippen LogP contribution is 2.27. The van der Waals surface area contributed by atoms with E-state index in [-0.39, 0.29) is 9.90 Å². The maximum Gasteiger partial charge on any atom is 0.272 e. The highest BCUT2D eigenvalue weighted by atomic mass is 35.7. The molecule has 0 unspecified atom stereocenters. The molecule has 0 spiro atoms. The third kappa shape index (κ3) is 1.42. The largest absolute Gasteiger partial charge is 0.397 e. The molecule has 0 aliphatic carbocycles. The lowest BCUT2D eigenvalue weighted by Gasteiger charge is -1.89. The molecule has 0 aliphatic heterocycles. The average Bonchev–Trinajstić information content (AvgIpc) is 2.11. The van der Waals surface area contributed by atoms with Crippen molar-refractivity contribution in [2.45, 2.75) is 4.21 Å². The Morgan fingerprint density at radius 3 is 2.40 bits per heavy atom. The van der Waals surface area contributed by atoms with Crippen molar-refractivity contribution in [1.29, 1.82) is 0 Å². The fourth-order valence-corrected chi connectivity index (χ4v) is 2.62. The number of hydrogen-bond donors (Lipinski definition) is 1. The molecule has 10 heavy (non-hydrogen) atoms. The molecule has 3 nitrogen and oxygen atoms in total. The van der Waals surface area contributed by atoms with E-state index >= 15 is 0 Å². The predicted molar refractivity (Wildman–Crippen MR) is 41.8 cm³/mol. The van der Waals surface area contributed by atoms with E-state index in [0.29, 0.717) is 0 Å². The molecule has 1 aromatic rings. The summed E-state index contributed by atoms with van der Waals surface area (Å²) in [7, 11) is 1.38. The maximum atomic E-state index is 10.6. The molecule has 1 heterocycles. The highest BCUT2D eigenvalue weighted by Gasteiger charge is 2.14. The second-order valence-corrected chi connectivity index (χ2v) is 5.28. The first-order valence-corrected chi connectivity index (χ1v) is 5.48. The summed E-state index contributed by atoms with van der Waals surface area (Å²) >= 11 is 1.01. The normalized spacial score (nSPS) is 11.7. The van der Waals surface area contributed by atoms with Gasteiger partial charge in [-0.05, 0) is 11.4 Å². The number of hydrogen-bond acceptors (Lipinski definition) is 4. The van der Waals surface area contributed by atoms with Gasteiger partial charge in [0.05, 0.1) is 5.69 Å². The fraction of sp³-hybridized carbons (Fsp3) is 0. The molecule has 1 rings (SSSR count). The van der Waals surface area contributed by atoms with Crippen molar-refractivity contribution in [3.8, 4) is 0 Å². The van der Waals surface area contributed by atoms with Gasteiger partial charge in [0, 0.05) is 10.7 Å². The van der Waals surface area contributed by atoms with Crippen LogP contribution in [0.5, 0.6) is 0 Å². The van der Waals surface area contributed by atoms with Crippen LogP contribution in [0.2, 0.25) is 0 Å². The van der Waals surface area contributed by atoms with Gasteiger partial charge >= 0.3 is 0 Å². The number of halogens is 1. The van der Waals surface area contributed by atoms with Gasteiger partial charge in [-0.3, -0.25) is 0 Å². The predicted octanol–water partition coefficient (Wildman–Crippen LogP) is 1.26. The smallest absolute Gasteiger partial charge is 0.272 e. The summed E-state index contributed by atoms with van der Waals surface area (Å²) in [5.41, 5.74) is 5.48. The van der Waals surface area contributed by atoms with Gasteiger partial charge in [0.2, 0.25) is 0 Å². The first-order valence-electron chi connectivity index (χ1n) is 2.29. The van der Waals surface area contributed by atoms with Crippen LogP contribution in [0.25, 0.3) is 0 Å². The Balaban J connectivity index is 3.32. The van der Waals surface area contributed by atoms with E-state index in [0.717, 1.165) is 11.3 Å². The lowest BCUT2D eigenvalue weighted by molar-refractivity contribution is 0.611. The maximum absolute atomic E-state index is 10.6. The van der Waals surface area contributed by atoms with E-state index in [1.807, 2.05) is 0 Å². The molecule has 2 N–H and O–H groups in total. The van der Waals surface area contributed by atoms with Crippen LogP contribution in [-0.4, -0.2) is 8.42 Å². The minimum Gasteiger partial charge on any atom is -0.397 e. The van der Waals surface area contributed by atoms with E-state index in [9.17, 15) is 8.42 Å². The topological polar surface area (TPSA) is 60.2 Å². The first-order chi connectivity index (χ1) is 4.52. The lowest BCUT2D eigenvalue weighted by atomic mass is 10.6. The molecular formula is C4H4ClNO2S2. The minimum atomic E-state index is -3.62. The standard InChI is InChI=1S/C4H4ClNO2S2/c5-10(7,8)4-3(6)1-2-9-4/h1-2H,6H2. The van der Waals surface area contributed by atoms with Crippen molar-refractivity contribution in [2.24, 2.45) is 0 Å². The molecule has 0 radical (unpaired) electrons. The second-order valence-electron chi connectivity index (χ2n) is 1.60. The summed E-state index contributed by atoms with van der Waals surface area (Å²) in [6, 6.07) is 1.50. The number of rotatable bonds is 1. The van der Waals surface area contributed by atoms with Gasteiger partial charge in [-0.15, -0.1) is 11.3 Å². The lowest BCUT2D eigenvalue weighted by Crippen LogP contribution is -1.91. The molecule has 0 aliphatic rings. The van der Waals surface area contributed by atoms with Crippen molar-refractivity contribution < 1.29 is 8.42 Å². The fourth-order valence-electron chi connectivity index (χ4n) is 0.503. The zero-order valence-electron chi connectivity index (χ0n) is 4.74. The van der Waals surface area contributed by atoms with Gasteiger partial charge in [-0.1, -0.05) is 0 Å². The van der Waals surface area contributed by atoms with Crippen LogP contribution >= 0.6 is 22.0 Å². The van der Waals surface area contributed by atoms with E-state index in [1.165, 1.54) is 6.07 Å². The second kappa shape index (κ2) is 2.41. The van der Waals surface area contributed by atoms with E-state index < -0.39 is 9.05 Å². The molecule has 6 heteroatoms. The van der Waals surface area contributed by atoms with E-state index in [1.54, 1.807) is 5.38 Å². The summed E-state index contributed by atoms with van der Waals surface area (Å²) in [6.07, 6.45) is 0. The van der Waals surface area contributed by atoms with Crippen molar-refractivity contribution in [1.82, 2.24) is 0 Å². The highest BCUT2D eigenvalue weighted by molar-refractivity contribution is 8.15. The first kappa shape index (κ1) is 7.84. The Bertz CT molecular complexity index is 329. The molecule has 1 aromatic heterocycles. The third-order valence-corrected chi connectivity index (χ3v) is 3.96. The molecule has 0 bridgehead atoms. The Hall–Kier alpha value is -0.260. The molecular weight excluding hydrogens is 194 g/mol. The number of nitrogen functional groups attached to an aromatic ring is 1. The van der Waals surface area contributed by atoms with E-state index in [2.05, 4.69) is 0 Å². The van der Waals surface area contributed by atoms with Crippen molar-refractivity contribution in [2.75, 3.05) is 5.73 Å². The zero-order chi connectivity index (χ0) is 7.78. The molecule has 0 fully saturated rings. The van der Waals surface area contributed by atoms with Crippen molar-refractivity contribution >= 4 is 36.8 Å². The van der Waals surface area contributed by atoms with E-state index in [4.69, 9.17) is 16.4 Å². The molecule has 0 saturated carbocycles. The summed E-state index contributed by atoms with van der Waals surface area (Å²) in [5.74, 6) is 0. The monoisotopic (exact) mass is 197 g/mol. The zero-order valence-corrected chi connectivity index (χ0v) is 7.13. The molecule has 56 valence electrons. The Morgan fingerprint density at radius 2 is 2.20 bits per heavy atom. The van der Waals surface area contributed by atoms with Gasteiger partial charge in [-0.25, -0.2) is 8.42 Å². The summed E-state index contributed by atoms with van der Waals surface area (Å²) in [5, 5.41) is 1.57. The van der Waals surface area contributed by atoms with Crippen molar-refractivity contribution in [3.63, 3.8) is 0 Å². The van der Waals surface area contributed by atoms with Gasteiger partial charge in [0.1, 0.15) is 0 Å². The summed E-state index contributed by atoms with van der Waals surface area (Å²) < 4.78 is 21.2.